The summed E-state index contributed by atoms with van der Waals surface area (Å²) in [6.45, 7) is 1.23. The van der Waals surface area contributed by atoms with Gasteiger partial charge in [-0.1, -0.05) is 24.3 Å². The standard InChI is InChI=1S/C25H29N3O4/c1-30-25(29)10-5-7-19-6-4-8-20(16-19)18-32-21-11-12-22(26-17-21)23-13-14-27-28(23)24-9-2-3-15-31-24/h4,6,8,11-14,16-17,24H,2-3,5,7,9-10,15,18H2,1H3. The minimum atomic E-state index is -0.172. The molecule has 168 valence electrons. The van der Waals surface area contributed by atoms with Crippen molar-refractivity contribution in [1.29, 1.82) is 0 Å². The summed E-state index contributed by atoms with van der Waals surface area (Å²) < 4.78 is 18.4. The molecule has 0 N–H and O–H groups in total. The van der Waals surface area contributed by atoms with Gasteiger partial charge in [0.2, 0.25) is 0 Å². The lowest BCUT2D eigenvalue weighted by atomic mass is 10.1. The lowest BCUT2D eigenvalue weighted by molar-refractivity contribution is -0.140. The van der Waals surface area contributed by atoms with Gasteiger partial charge in [0, 0.05) is 19.2 Å². The Morgan fingerprint density at radius 3 is 2.88 bits per heavy atom. The molecule has 32 heavy (non-hydrogen) atoms. The van der Waals surface area contributed by atoms with Crippen molar-refractivity contribution in [3.63, 3.8) is 0 Å². The molecule has 0 saturated carbocycles. The summed E-state index contributed by atoms with van der Waals surface area (Å²) in [7, 11) is 1.42. The fraction of sp³-hybridized carbons (Fsp3) is 0.400. The molecule has 0 amide bonds. The monoisotopic (exact) mass is 435 g/mol. The zero-order valence-corrected chi connectivity index (χ0v) is 18.4. The van der Waals surface area contributed by atoms with Crippen molar-refractivity contribution < 1.29 is 19.0 Å². The lowest BCUT2D eigenvalue weighted by Crippen LogP contribution is -2.20. The normalized spacial score (nSPS) is 16.0. The van der Waals surface area contributed by atoms with E-state index in [4.69, 9.17) is 14.2 Å². The number of hydrogen-bond donors (Lipinski definition) is 0. The first-order chi connectivity index (χ1) is 15.7. The fourth-order valence-corrected chi connectivity index (χ4v) is 3.86. The predicted molar refractivity (Wildman–Crippen MR) is 120 cm³/mol. The zero-order chi connectivity index (χ0) is 22.2. The molecule has 1 atom stereocenters. The van der Waals surface area contributed by atoms with Crippen LogP contribution < -0.4 is 4.74 Å². The summed E-state index contributed by atoms with van der Waals surface area (Å²) in [6, 6.07) is 14.1. The summed E-state index contributed by atoms with van der Waals surface area (Å²) in [5.74, 6) is 0.541. The average molecular weight is 436 g/mol. The molecule has 0 bridgehead atoms. The molecule has 1 aliphatic heterocycles. The lowest BCUT2D eigenvalue weighted by Gasteiger charge is -2.24. The van der Waals surface area contributed by atoms with E-state index in [1.54, 1.807) is 12.4 Å². The number of aryl methyl sites for hydroxylation is 1. The van der Waals surface area contributed by atoms with Crippen LogP contribution in [0.15, 0.2) is 54.9 Å². The summed E-state index contributed by atoms with van der Waals surface area (Å²) >= 11 is 0. The van der Waals surface area contributed by atoms with E-state index in [1.165, 1.54) is 12.7 Å². The zero-order valence-electron chi connectivity index (χ0n) is 18.4. The molecule has 1 aromatic carbocycles. The first kappa shape index (κ1) is 22.0. The van der Waals surface area contributed by atoms with Crippen LogP contribution >= 0.6 is 0 Å². The molecular formula is C25H29N3O4. The first-order valence-electron chi connectivity index (χ1n) is 11.1. The third-order valence-electron chi connectivity index (χ3n) is 5.57. The number of rotatable bonds is 9. The number of esters is 1. The summed E-state index contributed by atoms with van der Waals surface area (Å²) in [4.78, 5) is 15.9. The highest BCUT2D eigenvalue weighted by molar-refractivity contribution is 5.69. The second-order valence-electron chi connectivity index (χ2n) is 7.90. The third-order valence-corrected chi connectivity index (χ3v) is 5.57. The summed E-state index contributed by atoms with van der Waals surface area (Å²) in [5.41, 5.74) is 4.05. The van der Waals surface area contributed by atoms with E-state index in [1.807, 2.05) is 35.0 Å². The number of hydrogen-bond acceptors (Lipinski definition) is 6. The van der Waals surface area contributed by atoms with Crippen LogP contribution in [0.4, 0.5) is 0 Å². The topological polar surface area (TPSA) is 75.5 Å². The Labute approximate surface area is 188 Å². The Morgan fingerprint density at radius 2 is 2.09 bits per heavy atom. The van der Waals surface area contributed by atoms with Crippen LogP contribution in [0.5, 0.6) is 5.75 Å². The minimum absolute atomic E-state index is 0.0219. The maximum Gasteiger partial charge on any atom is 0.305 e. The van der Waals surface area contributed by atoms with Gasteiger partial charge in [-0.25, -0.2) is 4.68 Å². The van der Waals surface area contributed by atoms with E-state index in [0.29, 0.717) is 18.8 Å². The Kier molecular flexibility index (Phi) is 7.51. The number of ether oxygens (including phenoxy) is 3. The molecule has 4 rings (SSSR count). The van der Waals surface area contributed by atoms with Gasteiger partial charge in [0.15, 0.2) is 6.23 Å². The van der Waals surface area contributed by atoms with Gasteiger partial charge < -0.3 is 14.2 Å². The van der Waals surface area contributed by atoms with E-state index in [0.717, 1.165) is 55.7 Å². The Hall–Kier alpha value is -3.19. The van der Waals surface area contributed by atoms with E-state index in [2.05, 4.69) is 22.2 Å². The van der Waals surface area contributed by atoms with Gasteiger partial charge in [0.25, 0.3) is 0 Å². The van der Waals surface area contributed by atoms with Gasteiger partial charge in [-0.2, -0.15) is 5.10 Å². The molecule has 1 saturated heterocycles. The molecule has 1 aliphatic rings. The van der Waals surface area contributed by atoms with Crippen molar-refractivity contribution in [2.45, 2.75) is 51.4 Å². The molecular weight excluding hydrogens is 406 g/mol. The molecule has 0 spiro atoms. The van der Waals surface area contributed by atoms with Crippen LogP contribution in [0.3, 0.4) is 0 Å². The molecule has 1 unspecified atom stereocenters. The van der Waals surface area contributed by atoms with Gasteiger partial charge in [-0.05, 0) is 61.4 Å². The highest BCUT2D eigenvalue weighted by Crippen LogP contribution is 2.28. The van der Waals surface area contributed by atoms with Gasteiger partial charge in [-0.15, -0.1) is 0 Å². The van der Waals surface area contributed by atoms with Crippen LogP contribution in [0.1, 0.15) is 49.5 Å². The number of carbonyl (C=O) groups is 1. The SMILES string of the molecule is COC(=O)CCCc1cccc(COc2ccc(-c3ccnn3C3CCCCO3)nc2)c1. The van der Waals surface area contributed by atoms with Crippen LogP contribution in [0.25, 0.3) is 11.4 Å². The van der Waals surface area contributed by atoms with E-state index >= 15 is 0 Å². The molecule has 0 radical (unpaired) electrons. The number of aromatic nitrogens is 3. The van der Waals surface area contributed by atoms with Crippen LogP contribution in [0.2, 0.25) is 0 Å². The number of methoxy groups -OCH3 is 1. The summed E-state index contributed by atoms with van der Waals surface area (Å²) in [5, 5.41) is 4.45. The predicted octanol–water partition coefficient (Wildman–Crippen LogP) is 4.72. The van der Waals surface area contributed by atoms with Crippen molar-refractivity contribution >= 4 is 5.97 Å². The second-order valence-corrected chi connectivity index (χ2v) is 7.90. The van der Waals surface area contributed by atoms with E-state index in [9.17, 15) is 4.79 Å². The number of nitrogens with zero attached hydrogens (tertiary/aromatic N) is 3. The first-order valence-corrected chi connectivity index (χ1v) is 11.1. The molecule has 7 heteroatoms. The van der Waals surface area contributed by atoms with Crippen molar-refractivity contribution in [1.82, 2.24) is 14.8 Å². The highest BCUT2D eigenvalue weighted by atomic mass is 16.5. The maximum absolute atomic E-state index is 11.3. The smallest absolute Gasteiger partial charge is 0.305 e. The Bertz CT molecular complexity index is 1010. The van der Waals surface area contributed by atoms with Crippen LogP contribution in [0, 0.1) is 0 Å². The summed E-state index contributed by atoms with van der Waals surface area (Å²) in [6.07, 6.45) is 8.77. The largest absolute Gasteiger partial charge is 0.487 e. The number of benzene rings is 1. The second kappa shape index (κ2) is 10.9. The molecule has 0 aliphatic carbocycles. The number of pyridine rings is 1. The van der Waals surface area contributed by atoms with Gasteiger partial charge in [0.1, 0.15) is 12.4 Å². The molecule has 7 nitrogen and oxygen atoms in total. The minimum Gasteiger partial charge on any atom is -0.487 e. The van der Waals surface area contributed by atoms with Gasteiger partial charge in [-0.3, -0.25) is 9.78 Å². The van der Waals surface area contributed by atoms with Gasteiger partial charge >= 0.3 is 5.97 Å². The van der Waals surface area contributed by atoms with Crippen LogP contribution in [-0.2, 0) is 27.3 Å². The van der Waals surface area contributed by atoms with Crippen LogP contribution in [-0.4, -0.2) is 34.5 Å². The average Bonchev–Trinajstić information content (AvgIpc) is 3.34. The molecule has 3 aromatic rings. The molecule has 2 aromatic heterocycles. The Balaban J connectivity index is 1.34. The quantitative estimate of drug-likeness (QED) is 0.453. The third kappa shape index (κ3) is 5.73. The number of carbonyl (C=O) groups excluding carboxylic acids is 1. The van der Waals surface area contributed by atoms with Crippen molar-refractivity contribution in [3.05, 3.63) is 66.0 Å². The van der Waals surface area contributed by atoms with Crippen molar-refractivity contribution in [2.75, 3.05) is 13.7 Å². The van der Waals surface area contributed by atoms with Gasteiger partial charge in [0.05, 0.1) is 24.7 Å². The van der Waals surface area contributed by atoms with Crippen molar-refractivity contribution in [2.24, 2.45) is 0 Å². The molecule has 1 fully saturated rings. The highest BCUT2D eigenvalue weighted by Gasteiger charge is 2.20. The van der Waals surface area contributed by atoms with E-state index < -0.39 is 0 Å². The van der Waals surface area contributed by atoms with Crippen molar-refractivity contribution in [3.8, 4) is 17.1 Å². The fourth-order valence-electron chi connectivity index (χ4n) is 3.86. The Morgan fingerprint density at radius 1 is 1.19 bits per heavy atom. The maximum atomic E-state index is 11.3. The molecule has 3 heterocycles. The van der Waals surface area contributed by atoms with E-state index in [-0.39, 0.29) is 12.2 Å².